The first-order valence-electron chi connectivity index (χ1n) is 9.33. The normalized spacial score (nSPS) is 17.1. The highest BCUT2D eigenvalue weighted by Crippen LogP contribution is 2.14. The lowest BCUT2D eigenvalue weighted by Crippen LogP contribution is -2.49. The molecule has 0 saturated carbocycles. The number of halogens is 2. The molecule has 1 heterocycles. The minimum atomic E-state index is -0.747. The summed E-state index contributed by atoms with van der Waals surface area (Å²) in [6.45, 7) is 12.1. The van der Waals surface area contributed by atoms with Gasteiger partial charge in [0, 0.05) is 32.2 Å². The van der Waals surface area contributed by atoms with Crippen LogP contribution in [-0.2, 0) is 0 Å². The number of nitrogens with zero attached hydrogens (tertiary/aromatic N) is 2. The number of hydrogen-bond acceptors (Lipinski definition) is 3. The van der Waals surface area contributed by atoms with Crippen molar-refractivity contribution in [3.8, 4) is 0 Å². The van der Waals surface area contributed by atoms with Gasteiger partial charge in [-0.05, 0) is 44.4 Å². The molecular formula is C20H32FIN4O. The van der Waals surface area contributed by atoms with Crippen LogP contribution in [0.15, 0.2) is 41.4 Å². The minimum Gasteiger partial charge on any atom is -0.386 e. The lowest BCUT2D eigenvalue weighted by atomic mass is 10.0. The van der Waals surface area contributed by atoms with Gasteiger partial charge in [-0.25, -0.2) is 4.39 Å². The van der Waals surface area contributed by atoms with Crippen molar-refractivity contribution in [1.29, 1.82) is 0 Å². The molecule has 1 saturated heterocycles. The number of likely N-dealkylation sites (tertiary alicyclic amines) is 1. The van der Waals surface area contributed by atoms with E-state index in [4.69, 9.17) is 0 Å². The molecular weight excluding hydrogens is 458 g/mol. The Morgan fingerprint density at radius 2 is 1.96 bits per heavy atom. The largest absolute Gasteiger partial charge is 0.386 e. The Morgan fingerprint density at radius 1 is 1.33 bits per heavy atom. The number of aliphatic imine (C=N–C) groups is 1. The summed E-state index contributed by atoms with van der Waals surface area (Å²) in [5, 5.41) is 16.9. The van der Waals surface area contributed by atoms with Gasteiger partial charge in [0.05, 0.1) is 12.6 Å². The zero-order valence-electron chi connectivity index (χ0n) is 16.2. The Kier molecular flexibility index (Phi) is 10.9. The van der Waals surface area contributed by atoms with Gasteiger partial charge in [0.15, 0.2) is 5.96 Å². The molecule has 1 fully saturated rings. The van der Waals surface area contributed by atoms with Crippen LogP contribution in [0.5, 0.6) is 0 Å². The molecule has 3 N–H and O–H groups in total. The van der Waals surface area contributed by atoms with Crippen molar-refractivity contribution in [3.63, 3.8) is 0 Å². The second-order valence-corrected chi connectivity index (χ2v) is 6.94. The Morgan fingerprint density at radius 3 is 2.52 bits per heavy atom. The molecule has 0 bridgehead atoms. The maximum absolute atomic E-state index is 13.0. The van der Waals surface area contributed by atoms with Gasteiger partial charge < -0.3 is 15.7 Å². The van der Waals surface area contributed by atoms with Crippen LogP contribution in [0.1, 0.15) is 38.4 Å². The summed E-state index contributed by atoms with van der Waals surface area (Å²) in [5.74, 6) is 0.407. The van der Waals surface area contributed by atoms with Crippen LogP contribution in [0, 0.1) is 5.82 Å². The summed E-state index contributed by atoms with van der Waals surface area (Å²) in [6.07, 6.45) is 1.36. The number of benzene rings is 1. The first-order chi connectivity index (χ1) is 12.5. The van der Waals surface area contributed by atoms with E-state index in [1.54, 1.807) is 12.1 Å². The number of guanidine groups is 1. The molecule has 1 aliphatic heterocycles. The van der Waals surface area contributed by atoms with Crippen LogP contribution in [0.3, 0.4) is 0 Å². The van der Waals surface area contributed by atoms with Crippen LogP contribution in [-0.4, -0.2) is 54.7 Å². The third kappa shape index (κ3) is 8.57. The quantitative estimate of drug-likeness (QED) is 0.238. The summed E-state index contributed by atoms with van der Waals surface area (Å²) in [6, 6.07) is 6.26. The Balaban J connectivity index is 0.00000364. The van der Waals surface area contributed by atoms with E-state index >= 15 is 0 Å². The number of piperidine rings is 1. The van der Waals surface area contributed by atoms with Gasteiger partial charge in [0.2, 0.25) is 0 Å². The fourth-order valence-electron chi connectivity index (χ4n) is 3.10. The van der Waals surface area contributed by atoms with Crippen molar-refractivity contribution in [2.24, 2.45) is 4.99 Å². The van der Waals surface area contributed by atoms with E-state index in [9.17, 15) is 9.50 Å². The highest BCUT2D eigenvalue weighted by Gasteiger charge is 2.20. The van der Waals surface area contributed by atoms with Crippen molar-refractivity contribution in [3.05, 3.63) is 47.8 Å². The van der Waals surface area contributed by atoms with Gasteiger partial charge in [0.1, 0.15) is 5.82 Å². The molecule has 0 spiro atoms. The highest BCUT2D eigenvalue weighted by molar-refractivity contribution is 14.0. The van der Waals surface area contributed by atoms with Crippen LogP contribution in [0.25, 0.3) is 0 Å². The fourth-order valence-corrected chi connectivity index (χ4v) is 3.10. The van der Waals surface area contributed by atoms with Crippen LogP contribution < -0.4 is 10.6 Å². The second-order valence-electron chi connectivity index (χ2n) is 6.94. The van der Waals surface area contributed by atoms with Gasteiger partial charge in [-0.3, -0.25) is 9.89 Å². The van der Waals surface area contributed by atoms with E-state index in [1.165, 1.54) is 17.7 Å². The lowest BCUT2D eigenvalue weighted by Gasteiger charge is -2.33. The molecule has 0 amide bonds. The number of rotatable bonds is 7. The van der Waals surface area contributed by atoms with Crippen LogP contribution in [0.4, 0.5) is 4.39 Å². The zero-order valence-corrected chi connectivity index (χ0v) is 18.6. The predicted molar refractivity (Wildman–Crippen MR) is 120 cm³/mol. The SMILES string of the molecule is C=C(C)CN1CCC(NC(=NCC(O)c2ccc(F)cc2)NCC)CC1.I. The second kappa shape index (κ2) is 12.3. The Hall–Kier alpha value is -1.19. The standard InChI is InChI=1S/C20H31FN4O.HI/c1-4-22-20(23-13-19(26)16-5-7-17(21)8-6-16)24-18-9-11-25(12-10-18)14-15(2)3;/h5-8,18-19,26H,2,4,9-14H2,1,3H3,(H2,22,23,24);1H. The molecule has 5 nitrogen and oxygen atoms in total. The Labute approximate surface area is 179 Å². The summed E-state index contributed by atoms with van der Waals surface area (Å²) in [7, 11) is 0. The van der Waals surface area contributed by atoms with Crippen LogP contribution >= 0.6 is 24.0 Å². The predicted octanol–water partition coefficient (Wildman–Crippen LogP) is 3.07. The summed E-state index contributed by atoms with van der Waals surface area (Å²) in [5.41, 5.74) is 1.86. The number of hydrogen-bond donors (Lipinski definition) is 3. The van der Waals surface area contributed by atoms with Crippen LogP contribution in [0.2, 0.25) is 0 Å². The molecule has 1 aliphatic rings. The van der Waals surface area contributed by atoms with Gasteiger partial charge >= 0.3 is 0 Å². The van der Waals surface area contributed by atoms with E-state index in [0.717, 1.165) is 39.0 Å². The summed E-state index contributed by atoms with van der Waals surface area (Å²) < 4.78 is 13.0. The van der Waals surface area contributed by atoms with Gasteiger partial charge in [-0.2, -0.15) is 0 Å². The summed E-state index contributed by atoms with van der Waals surface area (Å²) in [4.78, 5) is 6.92. The molecule has 152 valence electrons. The lowest BCUT2D eigenvalue weighted by molar-refractivity contribution is 0.186. The number of nitrogens with one attached hydrogen (secondary N) is 2. The third-order valence-electron chi connectivity index (χ3n) is 4.44. The monoisotopic (exact) mass is 490 g/mol. The van der Waals surface area contributed by atoms with E-state index in [-0.39, 0.29) is 36.3 Å². The van der Waals surface area contributed by atoms with E-state index < -0.39 is 6.10 Å². The molecule has 0 aromatic heterocycles. The molecule has 1 atom stereocenters. The molecule has 27 heavy (non-hydrogen) atoms. The third-order valence-corrected chi connectivity index (χ3v) is 4.44. The van der Waals surface area contributed by atoms with Gasteiger partial charge in [-0.15, -0.1) is 24.0 Å². The maximum Gasteiger partial charge on any atom is 0.191 e. The van der Waals surface area contributed by atoms with E-state index in [1.807, 2.05) is 6.92 Å². The molecule has 2 rings (SSSR count). The molecule has 0 radical (unpaired) electrons. The van der Waals surface area contributed by atoms with E-state index in [2.05, 4.69) is 34.0 Å². The molecule has 0 aliphatic carbocycles. The highest BCUT2D eigenvalue weighted by atomic mass is 127. The first-order valence-corrected chi connectivity index (χ1v) is 9.33. The van der Waals surface area contributed by atoms with Gasteiger partial charge in [0.25, 0.3) is 0 Å². The van der Waals surface area contributed by atoms with Crippen molar-refractivity contribution in [1.82, 2.24) is 15.5 Å². The smallest absolute Gasteiger partial charge is 0.191 e. The molecule has 1 aromatic carbocycles. The van der Waals surface area contributed by atoms with Crippen molar-refractivity contribution in [2.45, 2.75) is 38.8 Å². The molecule has 7 heteroatoms. The topological polar surface area (TPSA) is 59.9 Å². The Bertz CT molecular complexity index is 601. The minimum absolute atomic E-state index is 0. The fraction of sp³-hybridized carbons (Fsp3) is 0.550. The van der Waals surface area contributed by atoms with Crippen molar-refractivity contribution < 1.29 is 9.50 Å². The average molecular weight is 490 g/mol. The maximum atomic E-state index is 13.0. The first kappa shape index (κ1) is 23.8. The average Bonchev–Trinajstić information content (AvgIpc) is 2.61. The van der Waals surface area contributed by atoms with Crippen molar-refractivity contribution in [2.75, 3.05) is 32.7 Å². The molecule has 1 unspecified atom stereocenters. The summed E-state index contributed by atoms with van der Waals surface area (Å²) >= 11 is 0. The number of aliphatic hydroxyl groups is 1. The van der Waals surface area contributed by atoms with E-state index in [0.29, 0.717) is 17.6 Å². The zero-order chi connectivity index (χ0) is 18.9. The van der Waals surface area contributed by atoms with Crippen molar-refractivity contribution >= 4 is 29.9 Å². The van der Waals surface area contributed by atoms with Gasteiger partial charge in [-0.1, -0.05) is 24.3 Å². The molecule has 1 aromatic rings. The number of aliphatic hydroxyl groups excluding tert-OH is 1.